The van der Waals surface area contributed by atoms with Gasteiger partial charge in [0.2, 0.25) is 0 Å². The molecule has 1 aliphatic rings. The lowest BCUT2D eigenvalue weighted by atomic mass is 10.1. The second kappa shape index (κ2) is 5.59. The highest BCUT2D eigenvalue weighted by atomic mass is 32.2. The van der Waals surface area contributed by atoms with Crippen LogP contribution >= 0.6 is 0 Å². The van der Waals surface area contributed by atoms with Gasteiger partial charge in [-0.1, -0.05) is 6.07 Å². The van der Waals surface area contributed by atoms with Gasteiger partial charge in [-0.05, 0) is 36.6 Å². The molecule has 0 atom stereocenters. The minimum atomic E-state index is -4.79. The number of hydrazone groups is 1. The van der Waals surface area contributed by atoms with Gasteiger partial charge in [-0.2, -0.15) is 21.9 Å². The lowest BCUT2D eigenvalue weighted by molar-refractivity contribution is -0.116. The Kier molecular flexibility index (Phi) is 3.91. The second-order valence-electron chi connectivity index (χ2n) is 5.49. The first kappa shape index (κ1) is 17.5. The molecule has 132 valence electrons. The zero-order valence-corrected chi connectivity index (χ0v) is 14.4. The van der Waals surface area contributed by atoms with Crippen LogP contribution in [0.25, 0.3) is 10.8 Å². The van der Waals surface area contributed by atoms with Crippen LogP contribution in [0, 0.1) is 0 Å². The number of hydrogen-bond donors (Lipinski definition) is 2. The van der Waals surface area contributed by atoms with Gasteiger partial charge in [0.25, 0.3) is 26.1 Å². The Bertz CT molecular complexity index is 1150. The molecule has 2 aromatic carbocycles. The van der Waals surface area contributed by atoms with Crippen LogP contribution in [0.5, 0.6) is 0 Å². The fourth-order valence-electron chi connectivity index (χ4n) is 2.54. The van der Waals surface area contributed by atoms with Gasteiger partial charge in [0.05, 0.1) is 17.0 Å². The SMILES string of the molecule is CC1=NN(c2ccc3cc(S(=O)(=O)O)cc(S(=O)(=O)O)c3c2)C(=O)C1. The Balaban J connectivity index is 2.31. The molecule has 1 aliphatic heterocycles. The number of amides is 1. The van der Waals surface area contributed by atoms with E-state index in [0.717, 1.165) is 11.1 Å². The first-order valence-electron chi connectivity index (χ1n) is 6.86. The average Bonchev–Trinajstić information content (AvgIpc) is 2.82. The van der Waals surface area contributed by atoms with Gasteiger partial charge in [0.15, 0.2) is 0 Å². The Labute approximate surface area is 143 Å². The van der Waals surface area contributed by atoms with Crippen LogP contribution < -0.4 is 5.01 Å². The van der Waals surface area contributed by atoms with Crippen LogP contribution in [-0.4, -0.2) is 37.6 Å². The van der Waals surface area contributed by atoms with E-state index in [9.17, 15) is 26.2 Å². The van der Waals surface area contributed by atoms with E-state index in [1.165, 1.54) is 18.2 Å². The van der Waals surface area contributed by atoms with Crippen molar-refractivity contribution in [2.45, 2.75) is 23.1 Å². The third kappa shape index (κ3) is 3.26. The predicted molar refractivity (Wildman–Crippen MR) is 88.8 cm³/mol. The lowest BCUT2D eigenvalue weighted by Crippen LogP contribution is -2.19. The maximum atomic E-state index is 11.9. The monoisotopic (exact) mass is 384 g/mol. The molecule has 3 rings (SSSR count). The van der Waals surface area contributed by atoms with E-state index < -0.39 is 30.0 Å². The number of carbonyl (C=O) groups excluding carboxylic acids is 1. The highest BCUT2D eigenvalue weighted by Crippen LogP contribution is 2.32. The van der Waals surface area contributed by atoms with Crippen molar-refractivity contribution in [2.75, 3.05) is 5.01 Å². The summed E-state index contributed by atoms with van der Waals surface area (Å²) in [5.74, 6) is -0.306. The van der Waals surface area contributed by atoms with Crippen molar-refractivity contribution in [2.24, 2.45) is 5.10 Å². The average molecular weight is 384 g/mol. The minimum Gasteiger partial charge on any atom is -0.282 e. The van der Waals surface area contributed by atoms with Crippen LogP contribution in [-0.2, 0) is 25.0 Å². The molecule has 2 N–H and O–H groups in total. The molecule has 0 aliphatic carbocycles. The summed E-state index contributed by atoms with van der Waals surface area (Å²) < 4.78 is 64.5. The lowest BCUT2D eigenvalue weighted by Gasteiger charge is -2.14. The predicted octanol–water partition coefficient (Wildman–Crippen LogP) is 1.45. The van der Waals surface area contributed by atoms with Crippen LogP contribution in [0.1, 0.15) is 13.3 Å². The van der Waals surface area contributed by atoms with E-state index in [0.29, 0.717) is 11.8 Å². The van der Waals surface area contributed by atoms with Gasteiger partial charge in [-0.15, -0.1) is 0 Å². The third-order valence-electron chi connectivity index (χ3n) is 3.61. The normalized spacial score (nSPS) is 15.7. The second-order valence-corrected chi connectivity index (χ2v) is 8.31. The number of rotatable bonds is 3. The summed E-state index contributed by atoms with van der Waals surface area (Å²) >= 11 is 0. The summed E-state index contributed by atoms with van der Waals surface area (Å²) in [6.45, 7) is 1.67. The zero-order chi connectivity index (χ0) is 18.6. The van der Waals surface area contributed by atoms with Crippen LogP contribution in [0.3, 0.4) is 0 Å². The molecule has 0 spiro atoms. The fraction of sp³-hybridized carbons (Fsp3) is 0.143. The van der Waals surface area contributed by atoms with E-state index in [4.69, 9.17) is 4.55 Å². The Morgan fingerprint density at radius 2 is 1.72 bits per heavy atom. The molecule has 0 saturated carbocycles. The van der Waals surface area contributed by atoms with Crippen molar-refractivity contribution in [3.63, 3.8) is 0 Å². The number of benzene rings is 2. The summed E-state index contributed by atoms with van der Waals surface area (Å²) in [6.07, 6.45) is 0.130. The molecule has 0 saturated heterocycles. The number of anilines is 1. The van der Waals surface area contributed by atoms with E-state index in [1.807, 2.05) is 0 Å². The maximum Gasteiger partial charge on any atom is 0.295 e. The smallest absolute Gasteiger partial charge is 0.282 e. The summed E-state index contributed by atoms with van der Waals surface area (Å²) in [6, 6.07) is 5.82. The highest BCUT2D eigenvalue weighted by Gasteiger charge is 2.25. The third-order valence-corrected chi connectivity index (χ3v) is 5.33. The first-order chi connectivity index (χ1) is 11.5. The summed E-state index contributed by atoms with van der Waals surface area (Å²) in [7, 11) is -9.47. The summed E-state index contributed by atoms with van der Waals surface area (Å²) in [5, 5.41) is 5.27. The minimum absolute atomic E-state index is 0.0139. The molecular formula is C14H12N2O7S2. The molecule has 1 amide bonds. The topological polar surface area (TPSA) is 141 Å². The Morgan fingerprint density at radius 3 is 2.24 bits per heavy atom. The molecule has 25 heavy (non-hydrogen) atoms. The van der Waals surface area contributed by atoms with Crippen molar-refractivity contribution in [3.05, 3.63) is 30.3 Å². The van der Waals surface area contributed by atoms with E-state index in [2.05, 4.69) is 5.10 Å². The Morgan fingerprint density at radius 1 is 1.04 bits per heavy atom. The molecule has 0 radical (unpaired) electrons. The van der Waals surface area contributed by atoms with E-state index in [-0.39, 0.29) is 28.8 Å². The van der Waals surface area contributed by atoms with Crippen molar-refractivity contribution in [3.8, 4) is 0 Å². The van der Waals surface area contributed by atoms with Crippen molar-refractivity contribution in [1.29, 1.82) is 0 Å². The van der Waals surface area contributed by atoms with Crippen molar-refractivity contribution >= 4 is 48.3 Å². The Hall–Kier alpha value is -2.34. The zero-order valence-electron chi connectivity index (χ0n) is 12.7. The van der Waals surface area contributed by atoms with E-state index in [1.54, 1.807) is 6.92 Å². The van der Waals surface area contributed by atoms with Gasteiger partial charge >= 0.3 is 0 Å². The molecule has 0 fully saturated rings. The molecule has 0 unspecified atom stereocenters. The van der Waals surface area contributed by atoms with Gasteiger partial charge in [0, 0.05) is 11.1 Å². The number of fused-ring (bicyclic) bond motifs is 1. The molecule has 2 aromatic rings. The summed E-state index contributed by atoms with van der Waals surface area (Å²) in [4.78, 5) is 10.5. The van der Waals surface area contributed by atoms with Crippen molar-refractivity contribution in [1.82, 2.24) is 0 Å². The van der Waals surface area contributed by atoms with Gasteiger partial charge < -0.3 is 0 Å². The molecule has 0 aromatic heterocycles. The fourth-order valence-corrected chi connectivity index (χ4v) is 3.88. The number of carbonyl (C=O) groups is 1. The largest absolute Gasteiger partial charge is 0.295 e. The number of hydrogen-bond acceptors (Lipinski definition) is 6. The standard InChI is InChI=1S/C14H12N2O7S2/c1-8-4-14(17)16(15-8)10-3-2-9-5-11(24(18,19)20)7-13(12(9)6-10)25(21,22)23/h2-3,5-7H,4H2,1H3,(H,18,19,20)(H,21,22,23). The van der Waals surface area contributed by atoms with E-state index >= 15 is 0 Å². The highest BCUT2D eigenvalue weighted by molar-refractivity contribution is 7.86. The quantitative estimate of drug-likeness (QED) is 0.763. The van der Waals surface area contributed by atoms with Crippen molar-refractivity contribution < 1.29 is 30.7 Å². The molecule has 11 heteroatoms. The van der Waals surface area contributed by atoms with Gasteiger partial charge in [-0.25, -0.2) is 5.01 Å². The number of nitrogens with zero attached hydrogens (tertiary/aromatic N) is 2. The maximum absolute atomic E-state index is 11.9. The summed E-state index contributed by atoms with van der Waals surface area (Å²) in [5.41, 5.74) is 0.848. The van der Waals surface area contributed by atoms with Crippen LogP contribution in [0.2, 0.25) is 0 Å². The molecule has 0 bridgehead atoms. The van der Waals surface area contributed by atoms with Gasteiger partial charge in [0.1, 0.15) is 4.90 Å². The first-order valence-corrected chi connectivity index (χ1v) is 9.74. The molecule has 1 heterocycles. The van der Waals surface area contributed by atoms with Gasteiger partial charge in [-0.3, -0.25) is 13.9 Å². The van der Waals surface area contributed by atoms with Crippen LogP contribution in [0.4, 0.5) is 5.69 Å². The molecule has 9 nitrogen and oxygen atoms in total. The van der Waals surface area contributed by atoms with Crippen LogP contribution in [0.15, 0.2) is 45.2 Å². The molecular weight excluding hydrogens is 372 g/mol.